The summed E-state index contributed by atoms with van der Waals surface area (Å²) < 4.78 is 0. The van der Waals surface area contributed by atoms with E-state index in [4.69, 9.17) is 16.4 Å². The quantitative estimate of drug-likeness (QED) is 0.682. The lowest BCUT2D eigenvalue weighted by Crippen LogP contribution is -2.49. The maximum Gasteiger partial charge on any atom is 0.355 e. The molecule has 4 amide bonds. The van der Waals surface area contributed by atoms with Crippen LogP contribution in [-0.4, -0.2) is 34.9 Å². The first kappa shape index (κ1) is 21.3. The van der Waals surface area contributed by atoms with Gasteiger partial charge in [-0.1, -0.05) is 49.1 Å². The van der Waals surface area contributed by atoms with Crippen molar-refractivity contribution in [2.75, 3.05) is 5.32 Å². The van der Waals surface area contributed by atoms with Crippen LogP contribution in [0.2, 0.25) is 5.02 Å². The number of halogens is 1. The number of nitrogens with one attached hydrogen (secondary N) is 2. The van der Waals surface area contributed by atoms with Crippen molar-refractivity contribution in [1.29, 1.82) is 0 Å². The summed E-state index contributed by atoms with van der Waals surface area (Å²) in [5, 5.41) is 6.09. The third-order valence-corrected chi connectivity index (χ3v) is 5.05. The highest BCUT2D eigenvalue weighted by Gasteiger charge is 2.40. The number of urea groups is 1. The van der Waals surface area contributed by atoms with Gasteiger partial charge in [0.2, 0.25) is 0 Å². The molecule has 0 radical (unpaired) electrons. The van der Waals surface area contributed by atoms with Gasteiger partial charge in [-0.2, -0.15) is 0 Å². The van der Waals surface area contributed by atoms with Crippen LogP contribution in [-0.2, 0) is 9.63 Å². The largest absolute Gasteiger partial charge is 0.355 e. The van der Waals surface area contributed by atoms with Gasteiger partial charge < -0.3 is 15.5 Å². The lowest BCUT2D eigenvalue weighted by atomic mass is 9.99. The van der Waals surface area contributed by atoms with Crippen molar-refractivity contribution >= 4 is 41.1 Å². The fourth-order valence-corrected chi connectivity index (χ4v) is 3.03. The molecule has 2 atom stereocenters. The number of rotatable bonds is 6. The second-order valence-corrected chi connectivity index (χ2v) is 7.27. The van der Waals surface area contributed by atoms with Crippen LogP contribution >= 0.6 is 11.6 Å². The van der Waals surface area contributed by atoms with Crippen LogP contribution in [0.25, 0.3) is 0 Å². The number of hydrogen-bond donors (Lipinski definition) is 2. The number of fused-ring (bicyclic) bond motifs is 1. The van der Waals surface area contributed by atoms with Gasteiger partial charge in [-0.15, -0.1) is 0 Å². The molecule has 8 nitrogen and oxygen atoms in total. The fourth-order valence-electron chi connectivity index (χ4n) is 2.91. The molecule has 0 aromatic heterocycles. The Bertz CT molecular complexity index is 957. The van der Waals surface area contributed by atoms with E-state index >= 15 is 0 Å². The Morgan fingerprint density at radius 2 is 1.60 bits per heavy atom. The molecule has 0 fully saturated rings. The summed E-state index contributed by atoms with van der Waals surface area (Å²) in [5.74, 6) is -2.68. The van der Waals surface area contributed by atoms with Gasteiger partial charge in [0.15, 0.2) is 0 Å². The minimum Gasteiger partial charge on any atom is -0.327 e. The van der Waals surface area contributed by atoms with Crippen molar-refractivity contribution in [3.8, 4) is 0 Å². The van der Waals surface area contributed by atoms with Crippen molar-refractivity contribution in [3.63, 3.8) is 0 Å². The number of benzene rings is 2. The average Bonchev–Trinajstić information content (AvgIpc) is 2.98. The van der Waals surface area contributed by atoms with Gasteiger partial charge in [0.25, 0.3) is 11.8 Å². The van der Waals surface area contributed by atoms with E-state index in [2.05, 4.69) is 10.6 Å². The van der Waals surface area contributed by atoms with Crippen molar-refractivity contribution < 1.29 is 24.0 Å². The second kappa shape index (κ2) is 8.96. The third-order valence-electron chi connectivity index (χ3n) is 4.79. The highest BCUT2D eigenvalue weighted by molar-refractivity contribution is 6.30. The first-order valence-electron chi connectivity index (χ1n) is 9.34. The molecule has 0 saturated heterocycles. The Balaban J connectivity index is 1.70. The van der Waals surface area contributed by atoms with E-state index in [1.54, 1.807) is 43.3 Å². The molecule has 3 rings (SSSR count). The van der Waals surface area contributed by atoms with Crippen molar-refractivity contribution in [2.24, 2.45) is 5.92 Å². The summed E-state index contributed by atoms with van der Waals surface area (Å²) in [6.07, 6.45) is 0.545. The van der Waals surface area contributed by atoms with Crippen LogP contribution in [0.15, 0.2) is 48.5 Å². The minimum atomic E-state index is -1.08. The standard InChI is InChI=1S/C21H20ClN3O5/c1-3-12(2)17(24-21(29)23-14-10-8-13(22)9-11-14)20(28)30-25-18(26)15-6-4-5-7-16(15)19(25)27/h4-12,17H,3H2,1-2H3,(H2,23,24,29). The lowest BCUT2D eigenvalue weighted by molar-refractivity contribution is -0.172. The molecule has 2 aromatic carbocycles. The van der Waals surface area contributed by atoms with Gasteiger partial charge in [-0.3, -0.25) is 9.59 Å². The van der Waals surface area contributed by atoms with E-state index < -0.39 is 29.9 Å². The number of hydroxylamine groups is 2. The van der Waals surface area contributed by atoms with Gasteiger partial charge in [0.1, 0.15) is 6.04 Å². The molecule has 1 aliphatic heterocycles. The van der Waals surface area contributed by atoms with Gasteiger partial charge in [-0.25, -0.2) is 9.59 Å². The first-order valence-corrected chi connectivity index (χ1v) is 9.72. The molecule has 2 aromatic rings. The molecular formula is C21H20ClN3O5. The summed E-state index contributed by atoms with van der Waals surface area (Å²) in [6.45, 7) is 3.59. The maximum absolute atomic E-state index is 12.7. The van der Waals surface area contributed by atoms with E-state index in [9.17, 15) is 19.2 Å². The van der Waals surface area contributed by atoms with E-state index in [-0.39, 0.29) is 17.0 Å². The van der Waals surface area contributed by atoms with Crippen LogP contribution in [0.1, 0.15) is 41.0 Å². The Hall–Kier alpha value is -3.39. The molecule has 0 bridgehead atoms. The van der Waals surface area contributed by atoms with Crippen LogP contribution in [0.3, 0.4) is 0 Å². The average molecular weight is 430 g/mol. The molecular weight excluding hydrogens is 410 g/mol. The van der Waals surface area contributed by atoms with Crippen molar-refractivity contribution in [2.45, 2.75) is 26.3 Å². The summed E-state index contributed by atoms with van der Waals surface area (Å²) in [7, 11) is 0. The van der Waals surface area contributed by atoms with Crippen molar-refractivity contribution in [3.05, 3.63) is 64.7 Å². The monoisotopic (exact) mass is 429 g/mol. The predicted octanol–water partition coefficient (Wildman–Crippen LogP) is 3.63. The smallest absolute Gasteiger partial charge is 0.327 e. The predicted molar refractivity (Wildman–Crippen MR) is 110 cm³/mol. The number of amides is 4. The maximum atomic E-state index is 12.7. The number of carbonyl (C=O) groups excluding carboxylic acids is 4. The van der Waals surface area contributed by atoms with Crippen LogP contribution in [0.5, 0.6) is 0 Å². The minimum absolute atomic E-state index is 0.156. The summed E-state index contributed by atoms with van der Waals surface area (Å²) >= 11 is 5.82. The molecule has 30 heavy (non-hydrogen) atoms. The van der Waals surface area contributed by atoms with Gasteiger partial charge in [-0.05, 0) is 42.3 Å². The lowest BCUT2D eigenvalue weighted by Gasteiger charge is -2.24. The zero-order valence-electron chi connectivity index (χ0n) is 16.3. The second-order valence-electron chi connectivity index (χ2n) is 6.83. The fraction of sp³-hybridized carbons (Fsp3) is 0.238. The van der Waals surface area contributed by atoms with E-state index in [0.29, 0.717) is 22.2 Å². The van der Waals surface area contributed by atoms with Crippen LogP contribution < -0.4 is 10.6 Å². The molecule has 2 unspecified atom stereocenters. The van der Waals surface area contributed by atoms with Crippen molar-refractivity contribution in [1.82, 2.24) is 10.4 Å². The molecule has 0 spiro atoms. The summed E-state index contributed by atoms with van der Waals surface area (Å²) in [5.41, 5.74) is 0.793. The highest BCUT2D eigenvalue weighted by Crippen LogP contribution is 2.23. The van der Waals surface area contributed by atoms with Crippen LogP contribution in [0.4, 0.5) is 10.5 Å². The molecule has 1 heterocycles. The van der Waals surface area contributed by atoms with E-state index in [1.807, 2.05) is 6.92 Å². The Morgan fingerprint density at radius 1 is 1.03 bits per heavy atom. The number of imide groups is 1. The van der Waals surface area contributed by atoms with Gasteiger partial charge in [0.05, 0.1) is 11.1 Å². The molecule has 2 N–H and O–H groups in total. The summed E-state index contributed by atoms with van der Waals surface area (Å²) in [4.78, 5) is 55.0. The van der Waals surface area contributed by atoms with Gasteiger partial charge >= 0.3 is 12.0 Å². The molecule has 1 aliphatic rings. The van der Waals surface area contributed by atoms with E-state index in [1.165, 1.54) is 12.1 Å². The SMILES string of the molecule is CCC(C)C(NC(=O)Nc1ccc(Cl)cc1)C(=O)ON1C(=O)c2ccccc2C1=O. The van der Waals surface area contributed by atoms with E-state index in [0.717, 1.165) is 0 Å². The Kier molecular flexibility index (Phi) is 6.37. The molecule has 156 valence electrons. The third kappa shape index (κ3) is 4.44. The first-order chi connectivity index (χ1) is 14.3. The van der Waals surface area contributed by atoms with Crippen LogP contribution in [0, 0.1) is 5.92 Å². The Labute approximate surface area is 178 Å². The molecule has 9 heteroatoms. The zero-order valence-corrected chi connectivity index (χ0v) is 17.1. The molecule has 0 aliphatic carbocycles. The normalized spacial score (nSPS) is 14.7. The number of anilines is 1. The molecule has 0 saturated carbocycles. The Morgan fingerprint density at radius 3 is 2.13 bits per heavy atom. The topological polar surface area (TPSA) is 105 Å². The summed E-state index contributed by atoms with van der Waals surface area (Å²) in [6, 6.07) is 10.9. The number of carbonyl (C=O) groups is 4. The number of hydrogen-bond acceptors (Lipinski definition) is 5. The van der Waals surface area contributed by atoms with Gasteiger partial charge in [0, 0.05) is 10.7 Å². The number of nitrogens with zero attached hydrogens (tertiary/aromatic N) is 1. The highest BCUT2D eigenvalue weighted by atomic mass is 35.5. The zero-order chi connectivity index (χ0) is 21.8.